The first-order chi connectivity index (χ1) is 18.6. The van der Waals surface area contributed by atoms with E-state index in [0.717, 1.165) is 30.8 Å². The summed E-state index contributed by atoms with van der Waals surface area (Å²) in [6.45, 7) is 4.80. The van der Waals surface area contributed by atoms with E-state index in [2.05, 4.69) is 4.90 Å². The highest BCUT2D eigenvalue weighted by Crippen LogP contribution is 2.40. The Morgan fingerprint density at radius 3 is 2.21 bits per heavy atom. The number of nitrogens with zero attached hydrogens (tertiary/aromatic N) is 2. The van der Waals surface area contributed by atoms with Gasteiger partial charge in [-0.25, -0.2) is 0 Å². The van der Waals surface area contributed by atoms with Crippen molar-refractivity contribution in [1.29, 1.82) is 0 Å². The Morgan fingerprint density at radius 1 is 0.868 bits per heavy atom. The predicted molar refractivity (Wildman–Crippen MR) is 145 cm³/mol. The third-order valence-corrected chi connectivity index (χ3v) is 7.01. The molecular weight excluding hydrogens is 480 g/mol. The molecule has 3 aromatic rings. The molecule has 5 rings (SSSR count). The molecule has 7 heteroatoms. The topological polar surface area (TPSA) is 79.3 Å². The second-order valence-corrected chi connectivity index (χ2v) is 9.51. The number of aliphatic hydroxyl groups excluding tert-OH is 1. The third-order valence-electron chi connectivity index (χ3n) is 7.01. The van der Waals surface area contributed by atoms with Gasteiger partial charge in [-0.1, -0.05) is 72.8 Å². The molecule has 196 valence electrons. The number of hydrogen-bond acceptors (Lipinski definition) is 6. The van der Waals surface area contributed by atoms with E-state index in [9.17, 15) is 14.7 Å². The summed E-state index contributed by atoms with van der Waals surface area (Å²) in [7, 11) is 0. The molecule has 0 saturated carbocycles. The lowest BCUT2D eigenvalue weighted by atomic mass is 9.95. The summed E-state index contributed by atoms with van der Waals surface area (Å²) in [6, 6.07) is 25.5. The maximum atomic E-state index is 13.2. The zero-order chi connectivity index (χ0) is 26.3. The number of likely N-dealkylation sites (tertiary alicyclic amines) is 1. The average Bonchev–Trinajstić information content (AvgIpc) is 3.22. The third kappa shape index (κ3) is 5.79. The molecule has 1 atom stereocenters. The number of ether oxygens (including phenoxy) is 2. The van der Waals surface area contributed by atoms with Crippen molar-refractivity contribution in [3.63, 3.8) is 0 Å². The summed E-state index contributed by atoms with van der Waals surface area (Å²) in [5.74, 6) is -0.718. The fraction of sp³-hybridized carbons (Fsp3) is 0.290. The molecule has 1 N–H and O–H groups in total. The second-order valence-electron chi connectivity index (χ2n) is 9.51. The largest absolute Gasteiger partial charge is 0.507 e. The first kappa shape index (κ1) is 25.7. The van der Waals surface area contributed by atoms with E-state index in [0.29, 0.717) is 44.1 Å². The van der Waals surface area contributed by atoms with Gasteiger partial charge in [0, 0.05) is 31.7 Å². The Balaban J connectivity index is 1.40. The van der Waals surface area contributed by atoms with Crippen LogP contribution in [0.15, 0.2) is 90.5 Å². The number of benzene rings is 3. The van der Waals surface area contributed by atoms with Gasteiger partial charge < -0.3 is 19.5 Å². The smallest absolute Gasteiger partial charge is 0.295 e. The van der Waals surface area contributed by atoms with Crippen LogP contribution in [0.1, 0.15) is 29.2 Å². The van der Waals surface area contributed by atoms with Crippen LogP contribution in [0.2, 0.25) is 0 Å². The van der Waals surface area contributed by atoms with Crippen molar-refractivity contribution in [2.75, 3.05) is 39.4 Å². The van der Waals surface area contributed by atoms with E-state index in [1.165, 1.54) is 0 Å². The summed E-state index contributed by atoms with van der Waals surface area (Å²) in [4.78, 5) is 30.4. The van der Waals surface area contributed by atoms with Crippen molar-refractivity contribution in [3.05, 3.63) is 107 Å². The Morgan fingerprint density at radius 2 is 1.53 bits per heavy atom. The summed E-state index contributed by atoms with van der Waals surface area (Å²) in [6.07, 6.45) is 0.715. The molecule has 7 nitrogen and oxygen atoms in total. The number of morpholine rings is 1. The minimum atomic E-state index is -0.678. The van der Waals surface area contributed by atoms with Crippen molar-refractivity contribution < 1.29 is 24.2 Å². The highest BCUT2D eigenvalue weighted by Gasteiger charge is 2.45. The van der Waals surface area contributed by atoms with Crippen LogP contribution in [0.4, 0.5) is 0 Å². The first-order valence-electron chi connectivity index (χ1n) is 13.0. The normalized spacial score (nSPS) is 19.6. The molecule has 2 aliphatic rings. The van der Waals surface area contributed by atoms with Gasteiger partial charge in [-0.3, -0.25) is 14.5 Å². The van der Waals surface area contributed by atoms with Crippen LogP contribution < -0.4 is 4.74 Å². The van der Waals surface area contributed by atoms with E-state index >= 15 is 0 Å². The SMILES string of the molecule is O=C1C(=O)N(CCCN2CCOCC2)C(c2ccc(OCc3ccccc3)cc2)/C1=C(\O)c1ccccc1. The Kier molecular flexibility index (Phi) is 8.16. The van der Waals surface area contributed by atoms with Gasteiger partial charge >= 0.3 is 0 Å². The molecule has 38 heavy (non-hydrogen) atoms. The number of hydrogen-bond donors (Lipinski definition) is 1. The molecule has 0 bridgehead atoms. The molecule has 3 aromatic carbocycles. The predicted octanol–water partition coefficient (Wildman–Crippen LogP) is 4.41. The second kappa shape index (κ2) is 12.1. The fourth-order valence-electron chi connectivity index (χ4n) is 4.99. The Bertz CT molecular complexity index is 1270. The van der Waals surface area contributed by atoms with Gasteiger partial charge in [-0.2, -0.15) is 0 Å². The van der Waals surface area contributed by atoms with Crippen LogP contribution in [0.3, 0.4) is 0 Å². The van der Waals surface area contributed by atoms with E-state index < -0.39 is 17.7 Å². The fourth-order valence-corrected chi connectivity index (χ4v) is 4.99. The van der Waals surface area contributed by atoms with Gasteiger partial charge in [0.25, 0.3) is 11.7 Å². The molecular formula is C31H32N2O5. The van der Waals surface area contributed by atoms with Crippen LogP contribution in [0.25, 0.3) is 5.76 Å². The lowest BCUT2D eigenvalue weighted by Gasteiger charge is -2.29. The van der Waals surface area contributed by atoms with Crippen molar-refractivity contribution in [2.24, 2.45) is 0 Å². The van der Waals surface area contributed by atoms with Gasteiger partial charge in [0.15, 0.2) is 0 Å². The Labute approximate surface area is 222 Å². The van der Waals surface area contributed by atoms with Crippen LogP contribution >= 0.6 is 0 Å². The maximum Gasteiger partial charge on any atom is 0.295 e. The standard InChI is InChI=1S/C31H32N2O5/c34-29(25-10-5-2-6-11-25)27-28(24-12-14-26(15-13-24)38-22-23-8-3-1-4-9-23)33(31(36)30(27)35)17-7-16-32-18-20-37-21-19-32/h1-6,8-15,28,34H,7,16-22H2/b29-27+. The molecule has 2 heterocycles. The monoisotopic (exact) mass is 512 g/mol. The molecule has 1 unspecified atom stereocenters. The van der Waals surface area contributed by atoms with Gasteiger partial charge in [-0.05, 0) is 29.7 Å². The average molecular weight is 513 g/mol. The van der Waals surface area contributed by atoms with Gasteiger partial charge in [0.2, 0.25) is 0 Å². The number of aliphatic hydroxyl groups is 1. The zero-order valence-corrected chi connectivity index (χ0v) is 21.3. The minimum Gasteiger partial charge on any atom is -0.507 e. The summed E-state index contributed by atoms with van der Waals surface area (Å²) in [5.41, 5.74) is 2.44. The van der Waals surface area contributed by atoms with Crippen LogP contribution in [-0.4, -0.2) is 66.0 Å². The lowest BCUT2D eigenvalue weighted by molar-refractivity contribution is -0.140. The number of Topliss-reactive ketones (excluding diaryl/α,β-unsaturated/α-hetero) is 1. The van der Waals surface area contributed by atoms with Gasteiger partial charge in [-0.15, -0.1) is 0 Å². The van der Waals surface area contributed by atoms with E-state index in [4.69, 9.17) is 9.47 Å². The number of amides is 1. The molecule has 2 saturated heterocycles. The van der Waals surface area contributed by atoms with Crippen molar-refractivity contribution in [3.8, 4) is 5.75 Å². The van der Waals surface area contributed by atoms with Crippen LogP contribution in [-0.2, 0) is 20.9 Å². The van der Waals surface area contributed by atoms with E-state index in [-0.39, 0.29) is 11.3 Å². The van der Waals surface area contributed by atoms with Crippen molar-refractivity contribution in [2.45, 2.75) is 19.1 Å². The first-order valence-corrected chi connectivity index (χ1v) is 13.0. The summed E-state index contributed by atoms with van der Waals surface area (Å²) in [5, 5.41) is 11.2. The van der Waals surface area contributed by atoms with Crippen LogP contribution in [0, 0.1) is 0 Å². The quantitative estimate of drug-likeness (QED) is 0.260. The molecule has 2 fully saturated rings. The Hall–Kier alpha value is -3.94. The van der Waals surface area contributed by atoms with Gasteiger partial charge in [0.1, 0.15) is 18.1 Å². The van der Waals surface area contributed by atoms with Crippen molar-refractivity contribution in [1.82, 2.24) is 9.80 Å². The highest BCUT2D eigenvalue weighted by molar-refractivity contribution is 6.46. The zero-order valence-electron chi connectivity index (χ0n) is 21.3. The van der Waals surface area contributed by atoms with Crippen LogP contribution in [0.5, 0.6) is 5.75 Å². The molecule has 0 aromatic heterocycles. The maximum absolute atomic E-state index is 13.2. The van der Waals surface area contributed by atoms with E-state index in [1.54, 1.807) is 29.2 Å². The molecule has 0 aliphatic carbocycles. The lowest BCUT2D eigenvalue weighted by Crippen LogP contribution is -2.38. The number of carbonyl (C=O) groups is 2. The molecule has 1 amide bonds. The number of rotatable bonds is 9. The molecule has 0 radical (unpaired) electrons. The minimum absolute atomic E-state index is 0.116. The van der Waals surface area contributed by atoms with Crippen molar-refractivity contribution >= 4 is 17.4 Å². The highest BCUT2D eigenvalue weighted by atomic mass is 16.5. The summed E-state index contributed by atoms with van der Waals surface area (Å²) >= 11 is 0. The molecule has 2 aliphatic heterocycles. The summed E-state index contributed by atoms with van der Waals surface area (Å²) < 4.78 is 11.4. The number of carbonyl (C=O) groups excluding carboxylic acids is 2. The van der Waals surface area contributed by atoms with E-state index in [1.807, 2.05) is 60.7 Å². The number of ketones is 1. The molecule has 0 spiro atoms. The van der Waals surface area contributed by atoms with Gasteiger partial charge in [0.05, 0.1) is 24.8 Å².